The number of aromatic amines is 1. The van der Waals surface area contributed by atoms with Crippen molar-refractivity contribution in [2.45, 2.75) is 84.7 Å². The van der Waals surface area contributed by atoms with Gasteiger partial charge in [-0.15, -0.1) is 0 Å². The van der Waals surface area contributed by atoms with Gasteiger partial charge in [-0.3, -0.25) is 14.5 Å². The molecule has 0 spiro atoms. The Morgan fingerprint density at radius 2 is 1.88 bits per heavy atom. The Bertz CT molecular complexity index is 1470. The zero-order chi connectivity index (χ0) is 29.8. The van der Waals surface area contributed by atoms with Gasteiger partial charge in [0.2, 0.25) is 0 Å². The summed E-state index contributed by atoms with van der Waals surface area (Å²) in [5, 5.41) is 16.6. The number of aromatic nitrogens is 1. The second-order valence-electron chi connectivity index (χ2n) is 12.0. The Labute approximate surface area is 248 Å². The van der Waals surface area contributed by atoms with Crippen molar-refractivity contribution in [1.82, 2.24) is 15.2 Å². The first-order chi connectivity index (χ1) is 20.2. The Hall–Kier alpha value is -3.46. The number of rotatable bonds is 9. The van der Waals surface area contributed by atoms with Gasteiger partial charge in [0.1, 0.15) is 0 Å². The van der Waals surface area contributed by atoms with Crippen LogP contribution in [0.2, 0.25) is 0 Å². The number of ether oxygens (including phenoxy) is 1. The number of anilines is 1. The smallest absolute Gasteiger partial charge is 0.253 e. The molecule has 5 rings (SSSR count). The third-order valence-electron chi connectivity index (χ3n) is 8.70. The van der Waals surface area contributed by atoms with Crippen LogP contribution < -0.4 is 16.2 Å². The summed E-state index contributed by atoms with van der Waals surface area (Å²) in [4.78, 5) is 31.3. The van der Waals surface area contributed by atoms with E-state index in [1.54, 1.807) is 0 Å². The maximum Gasteiger partial charge on any atom is 0.253 e. The standard InChI is InChI=1S/C34H44N4O4/c1-5-29-17-27(11-13-42-29)37-32-16-26(25-8-6-24(7-9-25)19-38-12-10-28(39)20-38)15-30(23(32)4)33(40)35-18-31-21(2)14-22(3)36-34(31)41/h6-9,14-16,27-29,37,39H,5,10-13,17-20H2,1-4H3,(H,35,40)(H,36,41)/t27?,28?,29-/m1/s1. The van der Waals surface area contributed by atoms with Crippen molar-refractivity contribution in [3.05, 3.63) is 86.3 Å². The zero-order valence-corrected chi connectivity index (χ0v) is 25.3. The molecule has 3 atom stereocenters. The van der Waals surface area contributed by atoms with Crippen LogP contribution in [-0.4, -0.2) is 58.8 Å². The molecule has 2 aliphatic rings. The largest absolute Gasteiger partial charge is 0.392 e. The lowest BCUT2D eigenvalue weighted by Gasteiger charge is -2.31. The normalized spacial score (nSPS) is 20.9. The minimum atomic E-state index is -0.232. The van der Waals surface area contributed by atoms with Crippen LogP contribution in [0.4, 0.5) is 5.69 Å². The van der Waals surface area contributed by atoms with Gasteiger partial charge in [0, 0.05) is 61.3 Å². The molecule has 42 heavy (non-hydrogen) atoms. The third-order valence-corrected chi connectivity index (χ3v) is 8.70. The van der Waals surface area contributed by atoms with Gasteiger partial charge < -0.3 is 25.5 Å². The average Bonchev–Trinajstić information content (AvgIpc) is 3.38. The topological polar surface area (TPSA) is 107 Å². The maximum atomic E-state index is 13.6. The SMILES string of the molecule is CC[C@@H]1CC(Nc2cc(-c3ccc(CN4CCC(O)C4)cc3)cc(C(=O)NCc3c(C)cc(C)[nH]c3=O)c2C)CCO1. The van der Waals surface area contributed by atoms with Crippen LogP contribution in [0.5, 0.6) is 0 Å². The molecule has 2 saturated heterocycles. The fourth-order valence-corrected chi connectivity index (χ4v) is 6.16. The number of carbonyl (C=O) groups excluding carboxylic acids is 1. The first-order valence-electron chi connectivity index (χ1n) is 15.2. The summed E-state index contributed by atoms with van der Waals surface area (Å²) in [7, 11) is 0. The van der Waals surface area contributed by atoms with Gasteiger partial charge in [-0.25, -0.2) is 0 Å². The van der Waals surface area contributed by atoms with Crippen molar-refractivity contribution < 1.29 is 14.6 Å². The van der Waals surface area contributed by atoms with Crippen LogP contribution in [0.1, 0.15) is 70.9 Å². The van der Waals surface area contributed by atoms with E-state index in [1.165, 1.54) is 5.56 Å². The molecule has 224 valence electrons. The molecule has 0 aliphatic carbocycles. The molecule has 0 bridgehead atoms. The molecule has 8 heteroatoms. The summed E-state index contributed by atoms with van der Waals surface area (Å²) in [6, 6.07) is 14.7. The van der Waals surface area contributed by atoms with Gasteiger partial charge in [0.05, 0.1) is 12.2 Å². The third kappa shape index (κ3) is 7.12. The lowest BCUT2D eigenvalue weighted by Crippen LogP contribution is -2.34. The number of aryl methyl sites for hydroxylation is 2. The van der Waals surface area contributed by atoms with Gasteiger partial charge in [0.15, 0.2) is 0 Å². The van der Waals surface area contributed by atoms with E-state index in [4.69, 9.17) is 4.74 Å². The number of aliphatic hydroxyl groups is 1. The zero-order valence-electron chi connectivity index (χ0n) is 25.3. The van der Waals surface area contributed by atoms with E-state index < -0.39 is 0 Å². The molecule has 8 nitrogen and oxygen atoms in total. The number of amides is 1. The number of aliphatic hydroxyl groups excluding tert-OH is 1. The quantitative estimate of drug-likeness (QED) is 0.293. The summed E-state index contributed by atoms with van der Waals surface area (Å²) >= 11 is 0. The Morgan fingerprint density at radius 1 is 1.10 bits per heavy atom. The molecule has 4 N–H and O–H groups in total. The van der Waals surface area contributed by atoms with E-state index in [9.17, 15) is 14.7 Å². The molecule has 1 aromatic heterocycles. The predicted molar refractivity (Wildman–Crippen MR) is 167 cm³/mol. The summed E-state index contributed by atoms with van der Waals surface area (Å²) in [6.07, 6.45) is 3.65. The molecule has 3 aromatic rings. The number of carbonyl (C=O) groups is 1. The van der Waals surface area contributed by atoms with Crippen molar-refractivity contribution in [2.24, 2.45) is 0 Å². The van der Waals surface area contributed by atoms with Crippen molar-refractivity contribution in [1.29, 1.82) is 0 Å². The first kappa shape index (κ1) is 30.0. The number of hydrogen-bond acceptors (Lipinski definition) is 6. The number of H-pyrrole nitrogens is 1. The number of nitrogens with zero attached hydrogens (tertiary/aromatic N) is 1. The van der Waals surface area contributed by atoms with Crippen molar-refractivity contribution in [3.63, 3.8) is 0 Å². The summed E-state index contributed by atoms with van der Waals surface area (Å²) in [6.45, 7) is 11.2. The van der Waals surface area contributed by atoms with Crippen LogP contribution in [0.15, 0.2) is 47.3 Å². The van der Waals surface area contributed by atoms with Crippen molar-refractivity contribution in [3.8, 4) is 11.1 Å². The number of benzene rings is 2. The fourth-order valence-electron chi connectivity index (χ4n) is 6.16. The summed E-state index contributed by atoms with van der Waals surface area (Å²) < 4.78 is 5.90. The van der Waals surface area contributed by atoms with Crippen molar-refractivity contribution >= 4 is 11.6 Å². The van der Waals surface area contributed by atoms with Gasteiger partial charge >= 0.3 is 0 Å². The second-order valence-corrected chi connectivity index (χ2v) is 12.0. The fraction of sp³-hybridized carbons (Fsp3) is 0.471. The first-order valence-corrected chi connectivity index (χ1v) is 15.2. The monoisotopic (exact) mass is 572 g/mol. The van der Waals surface area contributed by atoms with E-state index in [1.807, 2.05) is 32.9 Å². The summed E-state index contributed by atoms with van der Waals surface area (Å²) in [5.41, 5.74) is 7.65. The molecule has 2 unspecified atom stereocenters. The highest BCUT2D eigenvalue weighted by atomic mass is 16.5. The minimum Gasteiger partial charge on any atom is -0.392 e. The lowest BCUT2D eigenvalue weighted by atomic mass is 9.95. The highest BCUT2D eigenvalue weighted by Gasteiger charge is 2.24. The van der Waals surface area contributed by atoms with Gasteiger partial charge in [-0.2, -0.15) is 0 Å². The van der Waals surface area contributed by atoms with E-state index in [0.717, 1.165) is 79.0 Å². The average molecular weight is 573 g/mol. The Balaban J connectivity index is 1.41. The molecule has 1 amide bonds. The number of hydrogen-bond donors (Lipinski definition) is 4. The molecular weight excluding hydrogens is 528 g/mol. The van der Waals surface area contributed by atoms with E-state index in [-0.39, 0.29) is 36.3 Å². The lowest BCUT2D eigenvalue weighted by molar-refractivity contribution is 0.00924. The van der Waals surface area contributed by atoms with Crippen LogP contribution in [0.25, 0.3) is 11.1 Å². The van der Waals surface area contributed by atoms with Crippen LogP contribution in [0.3, 0.4) is 0 Å². The second kappa shape index (κ2) is 13.2. The number of pyridine rings is 1. The van der Waals surface area contributed by atoms with E-state index in [2.05, 4.69) is 57.8 Å². The molecule has 3 heterocycles. The molecule has 2 aliphatic heterocycles. The van der Waals surface area contributed by atoms with Crippen LogP contribution >= 0.6 is 0 Å². The highest BCUT2D eigenvalue weighted by molar-refractivity contribution is 5.98. The molecular formula is C34H44N4O4. The molecule has 0 radical (unpaired) electrons. The number of likely N-dealkylation sites (tertiary alicyclic amines) is 1. The molecule has 2 fully saturated rings. The van der Waals surface area contributed by atoms with E-state index in [0.29, 0.717) is 17.7 Å². The Morgan fingerprint density at radius 3 is 2.57 bits per heavy atom. The molecule has 0 saturated carbocycles. The van der Waals surface area contributed by atoms with Crippen molar-refractivity contribution in [2.75, 3.05) is 25.0 Å². The molecule has 2 aromatic carbocycles. The van der Waals surface area contributed by atoms with Gasteiger partial charge in [0.25, 0.3) is 11.5 Å². The van der Waals surface area contributed by atoms with Crippen LogP contribution in [-0.2, 0) is 17.8 Å². The minimum absolute atomic E-state index is 0.157. The van der Waals surface area contributed by atoms with Gasteiger partial charge in [-0.05, 0) is 92.5 Å². The Kier molecular flexibility index (Phi) is 9.46. The highest BCUT2D eigenvalue weighted by Crippen LogP contribution is 2.31. The van der Waals surface area contributed by atoms with Crippen LogP contribution in [0, 0.1) is 20.8 Å². The van der Waals surface area contributed by atoms with Gasteiger partial charge in [-0.1, -0.05) is 31.2 Å². The van der Waals surface area contributed by atoms with E-state index >= 15 is 0 Å². The number of β-amino-alcohol motifs (C(OH)–C–C–N with tert-alkyl or cyclic N) is 1. The maximum absolute atomic E-state index is 13.6. The summed E-state index contributed by atoms with van der Waals surface area (Å²) in [5.74, 6) is -0.209. The predicted octanol–water partition coefficient (Wildman–Crippen LogP) is 4.83. The number of nitrogens with one attached hydrogen (secondary N) is 3.